The molecule has 1 heterocycles. The van der Waals surface area contributed by atoms with Crippen LogP contribution in [0.3, 0.4) is 0 Å². The van der Waals surface area contributed by atoms with Crippen LogP contribution in [0.1, 0.15) is 22.3 Å². The summed E-state index contributed by atoms with van der Waals surface area (Å²) in [4.78, 5) is 14.1. The molecule has 1 aromatic carbocycles. The van der Waals surface area contributed by atoms with Crippen LogP contribution in [-0.4, -0.2) is 37.0 Å². The van der Waals surface area contributed by atoms with Crippen LogP contribution < -0.4 is 10.5 Å². The van der Waals surface area contributed by atoms with Crippen molar-refractivity contribution >= 4 is 5.91 Å². The van der Waals surface area contributed by atoms with E-state index in [0.29, 0.717) is 17.9 Å². The fourth-order valence-electron chi connectivity index (χ4n) is 2.13. The molecule has 1 fully saturated rings. The smallest absolute Gasteiger partial charge is 0.257 e. The van der Waals surface area contributed by atoms with Crippen molar-refractivity contribution in [2.24, 2.45) is 5.73 Å². The van der Waals surface area contributed by atoms with Gasteiger partial charge in [0.15, 0.2) is 0 Å². The van der Waals surface area contributed by atoms with Crippen LogP contribution in [0, 0.1) is 6.92 Å². The molecule has 1 aliphatic heterocycles. The minimum absolute atomic E-state index is 0.0125. The van der Waals surface area contributed by atoms with E-state index in [1.54, 1.807) is 12.0 Å². The molecule has 0 bridgehead atoms. The van der Waals surface area contributed by atoms with E-state index in [9.17, 15) is 4.79 Å². The lowest BCUT2D eigenvalue weighted by atomic mass is 10.1. The van der Waals surface area contributed by atoms with E-state index < -0.39 is 0 Å². The van der Waals surface area contributed by atoms with Gasteiger partial charge in [0, 0.05) is 19.1 Å². The van der Waals surface area contributed by atoms with Crippen molar-refractivity contribution in [3.63, 3.8) is 0 Å². The first-order valence-corrected chi connectivity index (χ1v) is 5.81. The van der Waals surface area contributed by atoms with Crippen LogP contribution >= 0.6 is 0 Å². The number of likely N-dealkylation sites (tertiary alicyclic amines) is 1. The second kappa shape index (κ2) is 4.75. The Morgan fingerprint density at radius 2 is 2.29 bits per heavy atom. The molecule has 1 aliphatic rings. The Morgan fingerprint density at radius 1 is 1.53 bits per heavy atom. The van der Waals surface area contributed by atoms with Gasteiger partial charge in [-0.3, -0.25) is 4.79 Å². The molecular weight excluding hydrogens is 216 g/mol. The van der Waals surface area contributed by atoms with Crippen LogP contribution in [-0.2, 0) is 0 Å². The Morgan fingerprint density at radius 3 is 2.88 bits per heavy atom. The Kier molecular flexibility index (Phi) is 3.33. The first-order valence-electron chi connectivity index (χ1n) is 5.81. The molecule has 4 nitrogen and oxygen atoms in total. The van der Waals surface area contributed by atoms with E-state index in [0.717, 1.165) is 18.5 Å². The normalized spacial score (nSPS) is 19.5. The molecule has 1 atom stereocenters. The molecule has 1 aromatic rings. The maximum absolute atomic E-state index is 12.3. The number of amides is 1. The maximum Gasteiger partial charge on any atom is 0.257 e. The number of hydrogen-bond acceptors (Lipinski definition) is 3. The molecule has 17 heavy (non-hydrogen) atoms. The van der Waals surface area contributed by atoms with E-state index >= 15 is 0 Å². The van der Waals surface area contributed by atoms with Crippen molar-refractivity contribution in [2.75, 3.05) is 20.2 Å². The lowest BCUT2D eigenvalue weighted by Crippen LogP contribution is -2.32. The number of ether oxygens (including phenoxy) is 1. The van der Waals surface area contributed by atoms with Gasteiger partial charge in [-0.15, -0.1) is 0 Å². The third-order valence-electron chi connectivity index (χ3n) is 3.10. The van der Waals surface area contributed by atoms with Gasteiger partial charge >= 0.3 is 0 Å². The van der Waals surface area contributed by atoms with Gasteiger partial charge in [0.1, 0.15) is 5.75 Å². The molecule has 1 amide bonds. The molecule has 2 rings (SSSR count). The molecule has 0 saturated carbocycles. The molecule has 4 heteroatoms. The third-order valence-corrected chi connectivity index (χ3v) is 3.10. The molecule has 0 aliphatic carbocycles. The standard InChI is InChI=1S/C13H18N2O2/c1-9-3-4-12(17-2)11(7-9)13(16)15-6-5-10(14)8-15/h3-4,7,10H,5-6,8,14H2,1-2H3/t10-/m1/s1. The summed E-state index contributed by atoms with van der Waals surface area (Å²) in [5.74, 6) is 0.638. The fourth-order valence-corrected chi connectivity index (χ4v) is 2.13. The van der Waals surface area contributed by atoms with Crippen molar-refractivity contribution in [1.29, 1.82) is 0 Å². The summed E-state index contributed by atoms with van der Waals surface area (Å²) in [6, 6.07) is 5.74. The van der Waals surface area contributed by atoms with Gasteiger partial charge in [-0.05, 0) is 25.5 Å². The molecule has 92 valence electrons. The Labute approximate surface area is 101 Å². The molecule has 0 radical (unpaired) electrons. The highest BCUT2D eigenvalue weighted by molar-refractivity contribution is 5.97. The fraction of sp³-hybridized carbons (Fsp3) is 0.462. The highest BCUT2D eigenvalue weighted by Crippen LogP contribution is 2.23. The molecule has 0 unspecified atom stereocenters. The van der Waals surface area contributed by atoms with Crippen LogP contribution in [0.15, 0.2) is 18.2 Å². The summed E-state index contributed by atoms with van der Waals surface area (Å²) in [5.41, 5.74) is 7.50. The largest absolute Gasteiger partial charge is 0.496 e. The van der Waals surface area contributed by atoms with Crippen molar-refractivity contribution in [3.05, 3.63) is 29.3 Å². The van der Waals surface area contributed by atoms with Crippen LogP contribution in [0.4, 0.5) is 0 Å². The SMILES string of the molecule is COc1ccc(C)cc1C(=O)N1CC[C@@H](N)C1. The topological polar surface area (TPSA) is 55.6 Å². The van der Waals surface area contributed by atoms with E-state index in [1.807, 2.05) is 25.1 Å². The van der Waals surface area contributed by atoms with Gasteiger partial charge in [0.2, 0.25) is 0 Å². The summed E-state index contributed by atoms with van der Waals surface area (Å²) in [6.45, 7) is 3.33. The Balaban J connectivity index is 2.26. The number of carbonyl (C=O) groups excluding carboxylic acids is 1. The average Bonchev–Trinajstić information content (AvgIpc) is 2.75. The lowest BCUT2D eigenvalue weighted by Gasteiger charge is -2.17. The van der Waals surface area contributed by atoms with Gasteiger partial charge in [-0.25, -0.2) is 0 Å². The van der Waals surface area contributed by atoms with Crippen LogP contribution in [0.5, 0.6) is 5.75 Å². The predicted octanol–water partition coefficient (Wildman–Crippen LogP) is 1.18. The van der Waals surface area contributed by atoms with E-state index in [2.05, 4.69) is 0 Å². The van der Waals surface area contributed by atoms with Gasteiger partial charge in [0.05, 0.1) is 12.7 Å². The van der Waals surface area contributed by atoms with Crippen molar-refractivity contribution in [3.8, 4) is 5.75 Å². The van der Waals surface area contributed by atoms with Crippen molar-refractivity contribution in [1.82, 2.24) is 4.90 Å². The number of methoxy groups -OCH3 is 1. The van der Waals surface area contributed by atoms with E-state index in [4.69, 9.17) is 10.5 Å². The Hall–Kier alpha value is -1.55. The van der Waals surface area contributed by atoms with Crippen LogP contribution in [0.25, 0.3) is 0 Å². The predicted molar refractivity (Wildman–Crippen MR) is 66.2 cm³/mol. The summed E-state index contributed by atoms with van der Waals surface area (Å²) < 4.78 is 5.23. The third kappa shape index (κ3) is 2.42. The van der Waals surface area contributed by atoms with Crippen molar-refractivity contribution in [2.45, 2.75) is 19.4 Å². The van der Waals surface area contributed by atoms with E-state index in [1.165, 1.54) is 0 Å². The second-order valence-electron chi connectivity index (χ2n) is 4.50. The monoisotopic (exact) mass is 234 g/mol. The number of nitrogens with two attached hydrogens (primary N) is 1. The highest BCUT2D eigenvalue weighted by atomic mass is 16.5. The summed E-state index contributed by atoms with van der Waals surface area (Å²) in [6.07, 6.45) is 0.875. The van der Waals surface area contributed by atoms with Gasteiger partial charge < -0.3 is 15.4 Å². The van der Waals surface area contributed by atoms with Crippen molar-refractivity contribution < 1.29 is 9.53 Å². The summed E-state index contributed by atoms with van der Waals surface area (Å²) in [7, 11) is 1.58. The number of hydrogen-bond donors (Lipinski definition) is 1. The first-order chi connectivity index (χ1) is 8.11. The number of nitrogens with zero attached hydrogens (tertiary/aromatic N) is 1. The molecule has 1 saturated heterocycles. The Bertz CT molecular complexity index is 431. The maximum atomic E-state index is 12.3. The summed E-state index contributed by atoms with van der Waals surface area (Å²) >= 11 is 0. The van der Waals surface area contributed by atoms with Crippen LogP contribution in [0.2, 0.25) is 0 Å². The number of benzene rings is 1. The first kappa shape index (κ1) is 11.9. The molecule has 0 aromatic heterocycles. The van der Waals surface area contributed by atoms with Gasteiger partial charge in [0.25, 0.3) is 5.91 Å². The average molecular weight is 234 g/mol. The number of rotatable bonds is 2. The zero-order chi connectivity index (χ0) is 12.4. The van der Waals surface area contributed by atoms with Gasteiger partial charge in [-0.1, -0.05) is 11.6 Å². The van der Waals surface area contributed by atoms with Gasteiger partial charge in [-0.2, -0.15) is 0 Å². The van der Waals surface area contributed by atoms with E-state index in [-0.39, 0.29) is 11.9 Å². The molecular formula is C13H18N2O2. The number of aryl methyl sites for hydroxylation is 1. The second-order valence-corrected chi connectivity index (χ2v) is 4.50. The molecule has 0 spiro atoms. The minimum atomic E-state index is 0.0125. The quantitative estimate of drug-likeness (QED) is 0.836. The minimum Gasteiger partial charge on any atom is -0.496 e. The molecule has 2 N–H and O–H groups in total. The highest BCUT2D eigenvalue weighted by Gasteiger charge is 2.26. The number of carbonyl (C=O) groups is 1. The summed E-state index contributed by atoms with van der Waals surface area (Å²) in [5, 5.41) is 0. The zero-order valence-electron chi connectivity index (χ0n) is 10.3. The lowest BCUT2D eigenvalue weighted by molar-refractivity contribution is 0.0787. The zero-order valence-corrected chi connectivity index (χ0v) is 10.3.